The summed E-state index contributed by atoms with van der Waals surface area (Å²) >= 11 is 0.976. The summed E-state index contributed by atoms with van der Waals surface area (Å²) in [5, 5.41) is 8.68. The molecule has 1 aromatic rings. The van der Waals surface area contributed by atoms with E-state index in [1.807, 2.05) is 11.9 Å². The van der Waals surface area contributed by atoms with E-state index in [2.05, 4.69) is 4.72 Å². The third-order valence-corrected chi connectivity index (χ3v) is 5.73. The largest absolute Gasteiger partial charge is 0.481 e. The van der Waals surface area contributed by atoms with E-state index in [1.165, 1.54) is 12.1 Å². The number of thiophene rings is 1. The zero-order valence-electron chi connectivity index (χ0n) is 12.0. The second-order valence-corrected chi connectivity index (χ2v) is 7.65. The van der Waals surface area contributed by atoms with Gasteiger partial charge in [-0.3, -0.25) is 4.79 Å². The number of hydrogen-bond donors (Lipinski definition) is 2. The number of aliphatic carboxylic acids is 1. The molecule has 120 valence electrons. The first-order chi connectivity index (χ1) is 9.85. The predicted molar refractivity (Wildman–Crippen MR) is 80.2 cm³/mol. The minimum absolute atomic E-state index is 0.137. The van der Waals surface area contributed by atoms with Gasteiger partial charge in [-0.1, -0.05) is 0 Å². The molecule has 0 saturated carbocycles. The molecule has 0 radical (unpaired) electrons. The monoisotopic (exact) mass is 336 g/mol. The summed E-state index contributed by atoms with van der Waals surface area (Å²) in [6, 6.07) is 2.96. The first-order valence-electron chi connectivity index (χ1n) is 6.33. The van der Waals surface area contributed by atoms with Crippen molar-refractivity contribution in [3.8, 4) is 0 Å². The summed E-state index contributed by atoms with van der Waals surface area (Å²) in [6.07, 6.45) is -0.167. The van der Waals surface area contributed by atoms with Gasteiger partial charge in [0.25, 0.3) is 0 Å². The standard InChI is InChI=1S/C12H20N2O5S2/c1-14(7-8-19-2)6-5-13-21(17,18)12-4-3-10(20-12)9-11(15)16/h3-4,13H,5-9H2,1-2H3,(H,15,16). The maximum atomic E-state index is 12.0. The van der Waals surface area contributed by atoms with Crippen LogP contribution in [0, 0.1) is 0 Å². The van der Waals surface area contributed by atoms with E-state index in [9.17, 15) is 13.2 Å². The van der Waals surface area contributed by atoms with Crippen LogP contribution in [0.25, 0.3) is 0 Å². The van der Waals surface area contributed by atoms with Crippen molar-refractivity contribution in [1.82, 2.24) is 9.62 Å². The Hall–Kier alpha value is -1.00. The van der Waals surface area contributed by atoms with E-state index >= 15 is 0 Å². The topological polar surface area (TPSA) is 95.9 Å². The van der Waals surface area contributed by atoms with Gasteiger partial charge in [0, 0.05) is 31.6 Å². The number of methoxy groups -OCH3 is 1. The van der Waals surface area contributed by atoms with Crippen molar-refractivity contribution in [2.45, 2.75) is 10.6 Å². The van der Waals surface area contributed by atoms with E-state index in [0.29, 0.717) is 18.0 Å². The van der Waals surface area contributed by atoms with Gasteiger partial charge in [-0.2, -0.15) is 0 Å². The van der Waals surface area contributed by atoms with Crippen LogP contribution in [0.4, 0.5) is 0 Å². The number of hydrogen-bond acceptors (Lipinski definition) is 6. The van der Waals surface area contributed by atoms with Crippen molar-refractivity contribution in [3.05, 3.63) is 17.0 Å². The highest BCUT2D eigenvalue weighted by Crippen LogP contribution is 2.21. The van der Waals surface area contributed by atoms with Crippen LogP contribution in [-0.4, -0.2) is 64.8 Å². The molecule has 9 heteroatoms. The maximum absolute atomic E-state index is 12.0. The number of carboxylic acid groups (broad SMARTS) is 1. The van der Waals surface area contributed by atoms with Crippen LogP contribution in [0.1, 0.15) is 4.88 Å². The maximum Gasteiger partial charge on any atom is 0.308 e. The first-order valence-corrected chi connectivity index (χ1v) is 8.63. The summed E-state index contributed by atoms with van der Waals surface area (Å²) in [5.74, 6) is -0.978. The fourth-order valence-corrected chi connectivity index (χ4v) is 3.96. The van der Waals surface area contributed by atoms with Crippen LogP contribution in [0.2, 0.25) is 0 Å². The molecule has 0 aliphatic carbocycles. The summed E-state index contributed by atoms with van der Waals surface area (Å²) in [6.45, 7) is 2.16. The zero-order chi connectivity index (χ0) is 15.9. The molecule has 0 bridgehead atoms. The molecule has 1 rings (SSSR count). The number of carbonyl (C=O) groups is 1. The fourth-order valence-electron chi connectivity index (χ4n) is 1.55. The molecule has 21 heavy (non-hydrogen) atoms. The zero-order valence-corrected chi connectivity index (χ0v) is 13.7. The highest BCUT2D eigenvalue weighted by Gasteiger charge is 2.17. The summed E-state index contributed by atoms with van der Waals surface area (Å²) in [4.78, 5) is 13.1. The number of sulfonamides is 1. The van der Waals surface area contributed by atoms with Gasteiger partial charge in [0.1, 0.15) is 4.21 Å². The Labute approximate surface area is 128 Å². The van der Waals surface area contributed by atoms with Crippen molar-refractivity contribution >= 4 is 27.3 Å². The molecule has 0 amide bonds. The molecule has 0 aliphatic rings. The number of likely N-dealkylation sites (N-methyl/N-ethyl adjacent to an activating group) is 1. The molecule has 0 saturated heterocycles. The van der Waals surface area contributed by atoms with E-state index in [1.54, 1.807) is 7.11 Å². The molecule has 0 spiro atoms. The lowest BCUT2D eigenvalue weighted by molar-refractivity contribution is -0.136. The molecular formula is C12H20N2O5S2. The molecule has 0 unspecified atom stereocenters. The van der Waals surface area contributed by atoms with Gasteiger partial charge in [-0.25, -0.2) is 13.1 Å². The van der Waals surface area contributed by atoms with Crippen LogP contribution in [-0.2, 0) is 26.0 Å². The molecule has 0 aromatic carbocycles. The van der Waals surface area contributed by atoms with Gasteiger partial charge < -0.3 is 14.7 Å². The lowest BCUT2D eigenvalue weighted by atomic mass is 10.3. The second-order valence-electron chi connectivity index (χ2n) is 4.49. The Balaban J connectivity index is 2.49. The predicted octanol–water partition coefficient (Wildman–Crippen LogP) is 0.232. The molecule has 7 nitrogen and oxygen atoms in total. The number of ether oxygens (including phenoxy) is 1. The number of rotatable bonds is 10. The van der Waals surface area contributed by atoms with Gasteiger partial charge >= 0.3 is 5.97 Å². The van der Waals surface area contributed by atoms with Crippen LogP contribution in [0.3, 0.4) is 0 Å². The van der Waals surface area contributed by atoms with Crippen molar-refractivity contribution in [3.63, 3.8) is 0 Å². The Morgan fingerprint density at radius 3 is 2.76 bits per heavy atom. The number of nitrogens with one attached hydrogen (secondary N) is 1. The first kappa shape index (κ1) is 18.1. The number of carboxylic acids is 1. The van der Waals surface area contributed by atoms with Gasteiger partial charge in [-0.15, -0.1) is 11.3 Å². The van der Waals surface area contributed by atoms with Crippen molar-refractivity contribution < 1.29 is 23.1 Å². The van der Waals surface area contributed by atoms with Crippen LogP contribution in [0.5, 0.6) is 0 Å². The van der Waals surface area contributed by atoms with Gasteiger partial charge in [-0.05, 0) is 19.2 Å². The van der Waals surface area contributed by atoms with Gasteiger partial charge in [0.05, 0.1) is 13.0 Å². The third kappa shape index (κ3) is 6.53. The lowest BCUT2D eigenvalue weighted by Gasteiger charge is -2.15. The van der Waals surface area contributed by atoms with E-state index in [4.69, 9.17) is 9.84 Å². The minimum Gasteiger partial charge on any atom is -0.481 e. The molecule has 2 N–H and O–H groups in total. The highest BCUT2D eigenvalue weighted by atomic mass is 32.2. The average molecular weight is 336 g/mol. The molecular weight excluding hydrogens is 316 g/mol. The van der Waals surface area contributed by atoms with Crippen LogP contribution < -0.4 is 4.72 Å². The molecule has 1 aromatic heterocycles. The molecule has 0 atom stereocenters. The van der Waals surface area contributed by atoms with E-state index in [0.717, 1.165) is 17.9 Å². The van der Waals surface area contributed by atoms with Crippen molar-refractivity contribution in [1.29, 1.82) is 0 Å². The summed E-state index contributed by atoms with van der Waals surface area (Å²) in [5.41, 5.74) is 0. The van der Waals surface area contributed by atoms with Gasteiger partial charge in [0.15, 0.2) is 0 Å². The smallest absolute Gasteiger partial charge is 0.308 e. The lowest BCUT2D eigenvalue weighted by Crippen LogP contribution is -2.34. The van der Waals surface area contributed by atoms with Crippen LogP contribution in [0.15, 0.2) is 16.3 Å². The Morgan fingerprint density at radius 1 is 1.43 bits per heavy atom. The third-order valence-electron chi connectivity index (χ3n) is 2.69. The van der Waals surface area contributed by atoms with Crippen molar-refractivity contribution in [2.24, 2.45) is 0 Å². The average Bonchev–Trinajstić information content (AvgIpc) is 2.84. The van der Waals surface area contributed by atoms with E-state index < -0.39 is 16.0 Å². The van der Waals surface area contributed by atoms with Crippen molar-refractivity contribution in [2.75, 3.05) is 40.4 Å². The fraction of sp³-hybridized carbons (Fsp3) is 0.583. The number of nitrogens with zero attached hydrogens (tertiary/aromatic N) is 1. The second kappa shape index (κ2) is 8.44. The normalized spacial score (nSPS) is 12.0. The quantitative estimate of drug-likeness (QED) is 0.635. The minimum atomic E-state index is -3.57. The Bertz CT molecular complexity index is 556. The molecule has 0 fully saturated rings. The van der Waals surface area contributed by atoms with Crippen LogP contribution >= 0.6 is 11.3 Å². The summed E-state index contributed by atoms with van der Waals surface area (Å²) < 4.78 is 31.6. The van der Waals surface area contributed by atoms with Gasteiger partial charge in [0.2, 0.25) is 10.0 Å². The SMILES string of the molecule is COCCN(C)CCNS(=O)(=O)c1ccc(CC(=O)O)s1. The molecule has 1 heterocycles. The Kier molecular flexibility index (Phi) is 7.26. The molecule has 0 aliphatic heterocycles. The van der Waals surface area contributed by atoms with E-state index in [-0.39, 0.29) is 17.2 Å². The highest BCUT2D eigenvalue weighted by molar-refractivity contribution is 7.91. The summed E-state index contributed by atoms with van der Waals surface area (Å²) in [7, 11) is -0.0822. The Morgan fingerprint density at radius 2 is 2.14 bits per heavy atom.